The Bertz CT molecular complexity index is 157. The van der Waals surface area contributed by atoms with Gasteiger partial charge in [0.15, 0.2) is 5.78 Å². The molecule has 0 aliphatic rings. The number of hydrogen-bond acceptors (Lipinski definition) is 4. The van der Waals surface area contributed by atoms with E-state index in [9.17, 15) is 9.59 Å². The SMILES string of the molecule is CCOC(=O)C(O)C(=O)CBr. The van der Waals surface area contributed by atoms with Crippen LogP contribution >= 0.6 is 15.9 Å². The van der Waals surface area contributed by atoms with Crippen molar-refractivity contribution in [3.63, 3.8) is 0 Å². The Morgan fingerprint density at radius 3 is 2.55 bits per heavy atom. The van der Waals surface area contributed by atoms with E-state index in [1.165, 1.54) is 0 Å². The highest BCUT2D eigenvalue weighted by Crippen LogP contribution is 1.94. The molecular weight excluding hydrogens is 216 g/mol. The smallest absolute Gasteiger partial charge is 0.342 e. The first-order valence-electron chi connectivity index (χ1n) is 3.06. The number of carbonyl (C=O) groups is 2. The summed E-state index contributed by atoms with van der Waals surface area (Å²) in [6.07, 6.45) is -1.64. The Hall–Kier alpha value is -0.420. The van der Waals surface area contributed by atoms with Crippen molar-refractivity contribution in [2.24, 2.45) is 0 Å². The predicted molar refractivity (Wildman–Crippen MR) is 41.4 cm³/mol. The first-order valence-corrected chi connectivity index (χ1v) is 4.19. The van der Waals surface area contributed by atoms with Crippen molar-refractivity contribution >= 4 is 27.7 Å². The van der Waals surface area contributed by atoms with Crippen LogP contribution < -0.4 is 0 Å². The third kappa shape index (κ3) is 3.48. The molecule has 0 aromatic carbocycles. The number of ketones is 1. The lowest BCUT2D eigenvalue weighted by Gasteiger charge is -2.05. The highest BCUT2D eigenvalue weighted by Gasteiger charge is 2.23. The number of rotatable bonds is 4. The van der Waals surface area contributed by atoms with Crippen LogP contribution in [0.1, 0.15) is 6.92 Å². The van der Waals surface area contributed by atoms with E-state index in [1.54, 1.807) is 6.92 Å². The second kappa shape index (κ2) is 5.26. The highest BCUT2D eigenvalue weighted by atomic mass is 79.9. The molecule has 0 saturated heterocycles. The molecule has 1 atom stereocenters. The van der Waals surface area contributed by atoms with Crippen LogP contribution in [0.25, 0.3) is 0 Å². The molecule has 0 fully saturated rings. The van der Waals surface area contributed by atoms with E-state index < -0.39 is 17.9 Å². The van der Waals surface area contributed by atoms with Crippen LogP contribution in [-0.4, -0.2) is 34.9 Å². The van der Waals surface area contributed by atoms with Gasteiger partial charge in [-0.3, -0.25) is 4.79 Å². The number of ether oxygens (including phenoxy) is 1. The fraction of sp³-hybridized carbons (Fsp3) is 0.667. The van der Waals surface area contributed by atoms with Gasteiger partial charge in [0.1, 0.15) is 0 Å². The van der Waals surface area contributed by atoms with Gasteiger partial charge in [-0.25, -0.2) is 4.79 Å². The number of halogens is 1. The third-order valence-electron chi connectivity index (χ3n) is 0.947. The van der Waals surface area contributed by atoms with Crippen molar-refractivity contribution in [3.05, 3.63) is 0 Å². The van der Waals surface area contributed by atoms with Gasteiger partial charge in [0.2, 0.25) is 6.10 Å². The average molecular weight is 225 g/mol. The van der Waals surface area contributed by atoms with Gasteiger partial charge in [-0.15, -0.1) is 0 Å². The van der Waals surface area contributed by atoms with E-state index in [0.717, 1.165) is 0 Å². The zero-order chi connectivity index (χ0) is 8.85. The van der Waals surface area contributed by atoms with Crippen molar-refractivity contribution in [1.29, 1.82) is 0 Å². The van der Waals surface area contributed by atoms with Crippen LogP contribution in [0, 0.1) is 0 Å². The normalized spacial score (nSPS) is 12.3. The second-order valence-corrected chi connectivity index (χ2v) is 2.32. The zero-order valence-corrected chi connectivity index (χ0v) is 7.63. The maximum atomic E-state index is 10.6. The molecule has 0 aromatic rings. The molecule has 1 N–H and O–H groups in total. The van der Waals surface area contributed by atoms with Gasteiger partial charge in [0.25, 0.3) is 0 Å². The van der Waals surface area contributed by atoms with Crippen LogP contribution in [0.2, 0.25) is 0 Å². The molecular formula is C6H9BrO4. The van der Waals surface area contributed by atoms with E-state index in [1.807, 2.05) is 0 Å². The first-order chi connectivity index (χ1) is 5.13. The molecule has 0 amide bonds. The van der Waals surface area contributed by atoms with Gasteiger partial charge in [0.05, 0.1) is 11.9 Å². The molecule has 0 aromatic heterocycles. The number of hydrogen-bond donors (Lipinski definition) is 1. The zero-order valence-electron chi connectivity index (χ0n) is 6.04. The fourth-order valence-corrected chi connectivity index (χ4v) is 0.732. The van der Waals surface area contributed by atoms with E-state index >= 15 is 0 Å². The Labute approximate surface area is 72.7 Å². The molecule has 11 heavy (non-hydrogen) atoms. The number of aliphatic hydroxyl groups is 1. The minimum absolute atomic E-state index is 0.0486. The van der Waals surface area contributed by atoms with Crippen LogP contribution in [0.5, 0.6) is 0 Å². The van der Waals surface area contributed by atoms with Crippen molar-refractivity contribution in [3.8, 4) is 0 Å². The van der Waals surface area contributed by atoms with Gasteiger partial charge in [-0.05, 0) is 6.92 Å². The summed E-state index contributed by atoms with van der Waals surface area (Å²) < 4.78 is 4.40. The number of carbonyl (C=O) groups excluding carboxylic acids is 2. The molecule has 64 valence electrons. The molecule has 0 saturated carbocycles. The standard InChI is InChI=1S/C6H9BrO4/c1-2-11-6(10)5(9)4(8)3-7/h5,9H,2-3H2,1H3. The third-order valence-corrected chi connectivity index (χ3v) is 1.50. The van der Waals surface area contributed by atoms with Crippen LogP contribution in [0.3, 0.4) is 0 Å². The summed E-state index contributed by atoms with van der Waals surface area (Å²) in [6.45, 7) is 1.76. The van der Waals surface area contributed by atoms with E-state index in [-0.39, 0.29) is 11.9 Å². The summed E-state index contributed by atoms with van der Waals surface area (Å²) in [5.41, 5.74) is 0. The minimum Gasteiger partial charge on any atom is -0.464 e. The minimum atomic E-state index is -1.64. The molecule has 0 heterocycles. The van der Waals surface area contributed by atoms with Crippen LogP contribution in [-0.2, 0) is 14.3 Å². The lowest BCUT2D eigenvalue weighted by Crippen LogP contribution is -2.32. The average Bonchev–Trinajstić information content (AvgIpc) is 2.02. The van der Waals surface area contributed by atoms with Gasteiger partial charge in [-0.1, -0.05) is 15.9 Å². The van der Waals surface area contributed by atoms with E-state index in [2.05, 4.69) is 20.7 Å². The van der Waals surface area contributed by atoms with Crippen LogP contribution in [0.15, 0.2) is 0 Å². The predicted octanol–water partition coefficient (Wildman–Crippen LogP) is -0.126. The Morgan fingerprint density at radius 2 is 2.18 bits per heavy atom. The fourth-order valence-electron chi connectivity index (χ4n) is 0.426. The Morgan fingerprint density at radius 1 is 1.64 bits per heavy atom. The molecule has 0 bridgehead atoms. The topological polar surface area (TPSA) is 63.6 Å². The summed E-state index contributed by atoms with van der Waals surface area (Å²) in [7, 11) is 0. The van der Waals surface area contributed by atoms with Gasteiger partial charge >= 0.3 is 5.97 Å². The number of esters is 1. The molecule has 4 nitrogen and oxygen atoms in total. The summed E-state index contributed by atoms with van der Waals surface area (Å²) in [5.74, 6) is -1.49. The van der Waals surface area contributed by atoms with Gasteiger partial charge in [-0.2, -0.15) is 0 Å². The molecule has 0 radical (unpaired) electrons. The van der Waals surface area contributed by atoms with E-state index in [4.69, 9.17) is 5.11 Å². The number of aliphatic hydroxyl groups excluding tert-OH is 1. The summed E-state index contributed by atoms with van der Waals surface area (Å²) in [5, 5.41) is 8.81. The summed E-state index contributed by atoms with van der Waals surface area (Å²) >= 11 is 2.82. The molecule has 5 heteroatoms. The molecule has 0 aliphatic carbocycles. The lowest BCUT2D eigenvalue weighted by molar-refractivity contribution is -0.156. The number of Topliss-reactive ketones (excluding diaryl/α,β-unsaturated/α-hetero) is 1. The first kappa shape index (κ1) is 10.6. The van der Waals surface area contributed by atoms with Crippen molar-refractivity contribution in [2.45, 2.75) is 13.0 Å². The molecule has 0 aliphatic heterocycles. The maximum Gasteiger partial charge on any atom is 0.342 e. The second-order valence-electron chi connectivity index (χ2n) is 1.75. The van der Waals surface area contributed by atoms with Crippen molar-refractivity contribution in [2.75, 3.05) is 11.9 Å². The van der Waals surface area contributed by atoms with Gasteiger partial charge < -0.3 is 9.84 Å². The largest absolute Gasteiger partial charge is 0.464 e. The number of alkyl halides is 1. The van der Waals surface area contributed by atoms with Gasteiger partial charge in [0, 0.05) is 0 Å². The lowest BCUT2D eigenvalue weighted by atomic mass is 10.3. The van der Waals surface area contributed by atoms with Crippen molar-refractivity contribution in [1.82, 2.24) is 0 Å². The summed E-state index contributed by atoms with van der Waals surface area (Å²) in [6, 6.07) is 0. The monoisotopic (exact) mass is 224 g/mol. The summed E-state index contributed by atoms with van der Waals surface area (Å²) in [4.78, 5) is 21.3. The molecule has 1 unspecified atom stereocenters. The maximum absolute atomic E-state index is 10.6. The molecule has 0 spiro atoms. The van der Waals surface area contributed by atoms with E-state index in [0.29, 0.717) is 0 Å². The molecule has 0 rings (SSSR count). The Balaban J connectivity index is 3.91. The highest BCUT2D eigenvalue weighted by molar-refractivity contribution is 9.09. The Kier molecular flexibility index (Phi) is 5.06. The van der Waals surface area contributed by atoms with Crippen LogP contribution in [0.4, 0.5) is 0 Å². The quantitative estimate of drug-likeness (QED) is 0.411. The van der Waals surface area contributed by atoms with Crippen molar-refractivity contribution < 1.29 is 19.4 Å².